The SMILES string of the molecule is CN/C=C(\C)NC. The molecule has 0 bridgehead atoms. The second-order valence-electron chi connectivity index (χ2n) is 1.37. The Hall–Kier alpha value is -0.660. The van der Waals surface area contributed by atoms with Gasteiger partial charge < -0.3 is 10.6 Å². The summed E-state index contributed by atoms with van der Waals surface area (Å²) < 4.78 is 0. The van der Waals surface area contributed by atoms with Gasteiger partial charge in [0.1, 0.15) is 0 Å². The second-order valence-corrected chi connectivity index (χ2v) is 1.37. The zero-order valence-electron chi connectivity index (χ0n) is 5.08. The summed E-state index contributed by atoms with van der Waals surface area (Å²) in [6, 6.07) is 0. The molecule has 0 aromatic rings. The normalized spacial score (nSPS) is 11.0. The highest BCUT2D eigenvalue weighted by atomic mass is 14.9. The standard InChI is InChI=1S/C5H12N2/c1-5(7-3)4-6-2/h4,6-7H,1-3H3/b5-4+. The van der Waals surface area contributed by atoms with Crippen molar-refractivity contribution in [3.63, 3.8) is 0 Å². The molecule has 0 saturated heterocycles. The lowest BCUT2D eigenvalue weighted by atomic mass is 10.5. The van der Waals surface area contributed by atoms with Crippen LogP contribution >= 0.6 is 0 Å². The van der Waals surface area contributed by atoms with Crippen LogP contribution in [-0.2, 0) is 0 Å². The van der Waals surface area contributed by atoms with Crippen LogP contribution < -0.4 is 10.6 Å². The van der Waals surface area contributed by atoms with Crippen LogP contribution in [0.5, 0.6) is 0 Å². The number of allylic oxidation sites excluding steroid dienone is 1. The summed E-state index contributed by atoms with van der Waals surface area (Å²) >= 11 is 0. The van der Waals surface area contributed by atoms with Crippen LogP contribution in [0.4, 0.5) is 0 Å². The fourth-order valence-electron chi connectivity index (χ4n) is 0.289. The van der Waals surface area contributed by atoms with Crippen molar-refractivity contribution in [2.75, 3.05) is 14.1 Å². The van der Waals surface area contributed by atoms with E-state index in [4.69, 9.17) is 0 Å². The second kappa shape index (κ2) is 3.53. The molecule has 42 valence electrons. The Bertz CT molecular complexity index is 66.5. The van der Waals surface area contributed by atoms with Gasteiger partial charge in [0.2, 0.25) is 0 Å². The van der Waals surface area contributed by atoms with E-state index in [0.717, 1.165) is 5.70 Å². The van der Waals surface area contributed by atoms with Crippen molar-refractivity contribution in [3.05, 3.63) is 11.9 Å². The molecule has 0 saturated carbocycles. The summed E-state index contributed by atoms with van der Waals surface area (Å²) in [7, 11) is 3.77. The third kappa shape index (κ3) is 3.16. The Morgan fingerprint density at radius 3 is 2.14 bits per heavy atom. The lowest BCUT2D eigenvalue weighted by Crippen LogP contribution is -2.05. The van der Waals surface area contributed by atoms with E-state index in [1.165, 1.54) is 0 Å². The number of nitrogens with one attached hydrogen (secondary N) is 2. The lowest BCUT2D eigenvalue weighted by Gasteiger charge is -1.95. The highest BCUT2D eigenvalue weighted by Crippen LogP contribution is 1.75. The van der Waals surface area contributed by atoms with Gasteiger partial charge >= 0.3 is 0 Å². The van der Waals surface area contributed by atoms with Gasteiger partial charge in [-0.2, -0.15) is 0 Å². The van der Waals surface area contributed by atoms with Crippen LogP contribution in [0.2, 0.25) is 0 Å². The van der Waals surface area contributed by atoms with Crippen molar-refractivity contribution in [1.29, 1.82) is 0 Å². The summed E-state index contributed by atoms with van der Waals surface area (Å²) in [5.74, 6) is 0. The first-order valence-corrected chi connectivity index (χ1v) is 2.33. The molecular weight excluding hydrogens is 88.1 g/mol. The molecular formula is C5H12N2. The molecule has 0 aromatic heterocycles. The molecule has 2 nitrogen and oxygen atoms in total. The van der Waals surface area contributed by atoms with E-state index in [9.17, 15) is 0 Å². The monoisotopic (exact) mass is 100 g/mol. The summed E-state index contributed by atoms with van der Waals surface area (Å²) in [4.78, 5) is 0. The Balaban J connectivity index is 3.29. The van der Waals surface area contributed by atoms with Gasteiger partial charge in [-0.3, -0.25) is 0 Å². The van der Waals surface area contributed by atoms with Crippen LogP contribution in [0.15, 0.2) is 11.9 Å². The van der Waals surface area contributed by atoms with Crippen molar-refractivity contribution in [2.24, 2.45) is 0 Å². The summed E-state index contributed by atoms with van der Waals surface area (Å²) in [6.07, 6.45) is 1.90. The molecule has 7 heavy (non-hydrogen) atoms. The molecule has 0 fully saturated rings. The molecule has 0 aliphatic heterocycles. The Labute approximate surface area is 44.6 Å². The van der Waals surface area contributed by atoms with Crippen molar-refractivity contribution in [3.8, 4) is 0 Å². The molecule has 2 N–H and O–H groups in total. The van der Waals surface area contributed by atoms with Crippen molar-refractivity contribution < 1.29 is 0 Å². The van der Waals surface area contributed by atoms with Gasteiger partial charge in [0.25, 0.3) is 0 Å². The molecule has 0 atom stereocenters. The maximum absolute atomic E-state index is 2.96. The summed E-state index contributed by atoms with van der Waals surface area (Å²) in [5.41, 5.74) is 1.14. The Morgan fingerprint density at radius 1 is 1.43 bits per heavy atom. The predicted octanol–water partition coefficient (Wildman–Crippen LogP) is 0.286. The summed E-state index contributed by atoms with van der Waals surface area (Å²) in [6.45, 7) is 2.00. The van der Waals surface area contributed by atoms with Crippen LogP contribution in [0.25, 0.3) is 0 Å². The van der Waals surface area contributed by atoms with Gasteiger partial charge in [0, 0.05) is 26.0 Å². The quantitative estimate of drug-likeness (QED) is 0.521. The third-order valence-corrected chi connectivity index (χ3v) is 0.755. The van der Waals surface area contributed by atoms with E-state index < -0.39 is 0 Å². The van der Waals surface area contributed by atoms with E-state index in [1.54, 1.807) is 0 Å². The predicted molar refractivity (Wildman–Crippen MR) is 31.9 cm³/mol. The van der Waals surface area contributed by atoms with Crippen molar-refractivity contribution >= 4 is 0 Å². The zero-order valence-corrected chi connectivity index (χ0v) is 5.08. The van der Waals surface area contributed by atoms with Crippen molar-refractivity contribution in [2.45, 2.75) is 6.92 Å². The molecule has 0 heterocycles. The van der Waals surface area contributed by atoms with E-state index in [2.05, 4.69) is 10.6 Å². The van der Waals surface area contributed by atoms with Gasteiger partial charge in [-0.15, -0.1) is 0 Å². The van der Waals surface area contributed by atoms with Crippen LogP contribution in [0, 0.1) is 0 Å². The molecule has 0 aliphatic rings. The molecule has 2 heteroatoms. The lowest BCUT2D eigenvalue weighted by molar-refractivity contribution is 0.943. The Morgan fingerprint density at radius 2 is 2.00 bits per heavy atom. The minimum Gasteiger partial charge on any atom is -0.393 e. The molecule has 0 radical (unpaired) electrons. The number of hydrogen-bond donors (Lipinski definition) is 2. The molecule has 0 aromatic carbocycles. The Kier molecular flexibility index (Phi) is 3.19. The fourth-order valence-corrected chi connectivity index (χ4v) is 0.289. The zero-order chi connectivity index (χ0) is 5.70. The number of hydrogen-bond acceptors (Lipinski definition) is 2. The van der Waals surface area contributed by atoms with Gasteiger partial charge in [0.05, 0.1) is 0 Å². The van der Waals surface area contributed by atoms with Gasteiger partial charge in [-0.05, 0) is 6.92 Å². The molecule has 0 unspecified atom stereocenters. The highest BCUT2D eigenvalue weighted by molar-refractivity contribution is 4.90. The molecule has 0 amide bonds. The molecule has 0 spiro atoms. The van der Waals surface area contributed by atoms with E-state index in [-0.39, 0.29) is 0 Å². The van der Waals surface area contributed by atoms with Gasteiger partial charge in [-0.1, -0.05) is 0 Å². The fraction of sp³-hybridized carbons (Fsp3) is 0.600. The van der Waals surface area contributed by atoms with E-state index in [0.29, 0.717) is 0 Å². The smallest absolute Gasteiger partial charge is 0.0232 e. The summed E-state index contributed by atoms with van der Waals surface area (Å²) in [5, 5.41) is 5.86. The average molecular weight is 100 g/mol. The minimum atomic E-state index is 1.14. The van der Waals surface area contributed by atoms with E-state index >= 15 is 0 Å². The maximum Gasteiger partial charge on any atom is 0.0232 e. The van der Waals surface area contributed by atoms with Crippen LogP contribution in [0.3, 0.4) is 0 Å². The van der Waals surface area contributed by atoms with Crippen molar-refractivity contribution in [1.82, 2.24) is 10.6 Å². The molecule has 0 aliphatic carbocycles. The maximum atomic E-state index is 2.96. The minimum absolute atomic E-state index is 1.14. The van der Waals surface area contributed by atoms with E-state index in [1.807, 2.05) is 27.2 Å². The molecule has 0 rings (SSSR count). The van der Waals surface area contributed by atoms with Gasteiger partial charge in [0.15, 0.2) is 0 Å². The highest BCUT2D eigenvalue weighted by Gasteiger charge is 1.73. The van der Waals surface area contributed by atoms with Gasteiger partial charge in [-0.25, -0.2) is 0 Å². The van der Waals surface area contributed by atoms with Crippen LogP contribution in [-0.4, -0.2) is 14.1 Å². The first-order chi connectivity index (χ1) is 3.31. The average Bonchev–Trinajstić information content (AvgIpc) is 1.68. The topological polar surface area (TPSA) is 24.1 Å². The van der Waals surface area contributed by atoms with Crippen LogP contribution in [0.1, 0.15) is 6.92 Å². The first kappa shape index (κ1) is 6.34. The largest absolute Gasteiger partial charge is 0.393 e. The number of rotatable bonds is 2. The first-order valence-electron chi connectivity index (χ1n) is 2.33. The third-order valence-electron chi connectivity index (χ3n) is 0.755.